The number of sulfonamides is 1. The fourth-order valence-corrected chi connectivity index (χ4v) is 3.04. The number of hydrogen-bond acceptors (Lipinski definition) is 3. The zero-order chi connectivity index (χ0) is 11.5. The molecule has 0 aromatic rings. The highest BCUT2D eigenvalue weighted by Crippen LogP contribution is 2.31. The fraction of sp³-hybridized carbons (Fsp3) is 0.667. The Labute approximate surface area is 89.4 Å². The molecule has 1 N–H and O–H groups in total. The van der Waals surface area contributed by atoms with Gasteiger partial charge >= 0.3 is 5.97 Å². The Hall–Kier alpha value is -0.880. The molecule has 86 valence electrons. The molecule has 6 heteroatoms. The first-order chi connectivity index (χ1) is 6.95. The second-order valence-corrected chi connectivity index (χ2v) is 5.71. The number of carboxylic acid groups (broad SMARTS) is 1. The second kappa shape index (κ2) is 4.76. The van der Waals surface area contributed by atoms with E-state index in [9.17, 15) is 13.2 Å². The molecule has 0 amide bonds. The number of aliphatic carboxylic acids is 1. The van der Waals surface area contributed by atoms with Gasteiger partial charge in [-0.3, -0.25) is 4.79 Å². The van der Waals surface area contributed by atoms with Crippen molar-refractivity contribution < 1.29 is 18.3 Å². The SMILES string of the molecule is C=CCN(CC(=O)O)S(=O)(=O)CC1CC1. The number of rotatable bonds is 7. The van der Waals surface area contributed by atoms with E-state index in [1.54, 1.807) is 0 Å². The van der Waals surface area contributed by atoms with Crippen molar-refractivity contribution in [1.29, 1.82) is 0 Å². The lowest BCUT2D eigenvalue weighted by molar-refractivity contribution is -0.137. The number of carbonyl (C=O) groups is 1. The molecular formula is C9H15NO4S. The molecule has 0 atom stereocenters. The predicted octanol–water partition coefficient (Wildman–Crippen LogP) is 0.299. The molecule has 0 aromatic heterocycles. The van der Waals surface area contributed by atoms with Crippen molar-refractivity contribution in [2.75, 3.05) is 18.8 Å². The van der Waals surface area contributed by atoms with Crippen molar-refractivity contribution in [3.8, 4) is 0 Å². The van der Waals surface area contributed by atoms with E-state index in [-0.39, 0.29) is 18.2 Å². The summed E-state index contributed by atoms with van der Waals surface area (Å²) in [7, 11) is -3.44. The van der Waals surface area contributed by atoms with Gasteiger partial charge in [-0.05, 0) is 18.8 Å². The van der Waals surface area contributed by atoms with Gasteiger partial charge in [-0.2, -0.15) is 4.31 Å². The molecule has 0 saturated heterocycles. The van der Waals surface area contributed by atoms with E-state index in [0.717, 1.165) is 17.1 Å². The zero-order valence-corrected chi connectivity index (χ0v) is 9.24. The summed E-state index contributed by atoms with van der Waals surface area (Å²) in [6.07, 6.45) is 3.25. The second-order valence-electron chi connectivity index (χ2n) is 3.70. The smallest absolute Gasteiger partial charge is 0.318 e. The van der Waals surface area contributed by atoms with Gasteiger partial charge in [-0.1, -0.05) is 6.08 Å². The summed E-state index contributed by atoms with van der Waals surface area (Å²) in [5.41, 5.74) is 0. The molecule has 0 heterocycles. The summed E-state index contributed by atoms with van der Waals surface area (Å²) >= 11 is 0. The van der Waals surface area contributed by atoms with Gasteiger partial charge < -0.3 is 5.11 Å². The third-order valence-corrected chi connectivity index (χ3v) is 4.14. The molecule has 0 spiro atoms. The van der Waals surface area contributed by atoms with E-state index in [2.05, 4.69) is 6.58 Å². The third-order valence-electron chi connectivity index (χ3n) is 2.18. The van der Waals surface area contributed by atoms with Crippen molar-refractivity contribution in [2.45, 2.75) is 12.8 Å². The van der Waals surface area contributed by atoms with Crippen molar-refractivity contribution in [2.24, 2.45) is 5.92 Å². The van der Waals surface area contributed by atoms with E-state index in [4.69, 9.17) is 5.11 Å². The van der Waals surface area contributed by atoms with Crippen LogP contribution in [0.1, 0.15) is 12.8 Å². The van der Waals surface area contributed by atoms with Crippen molar-refractivity contribution in [1.82, 2.24) is 4.31 Å². The first kappa shape index (κ1) is 12.2. The average Bonchev–Trinajstić information content (AvgIpc) is 2.86. The van der Waals surface area contributed by atoms with Crippen molar-refractivity contribution in [3.05, 3.63) is 12.7 Å². The quantitative estimate of drug-likeness (QED) is 0.642. The van der Waals surface area contributed by atoms with Crippen molar-refractivity contribution in [3.63, 3.8) is 0 Å². The van der Waals surface area contributed by atoms with Crippen LogP contribution >= 0.6 is 0 Å². The van der Waals surface area contributed by atoms with Gasteiger partial charge in [0.05, 0.1) is 5.75 Å². The Morgan fingerprint density at radius 2 is 2.13 bits per heavy atom. The monoisotopic (exact) mass is 233 g/mol. The summed E-state index contributed by atoms with van der Waals surface area (Å²) in [6, 6.07) is 0. The van der Waals surface area contributed by atoms with Gasteiger partial charge in [0.25, 0.3) is 0 Å². The first-order valence-corrected chi connectivity index (χ1v) is 6.37. The number of carboxylic acids is 1. The fourth-order valence-electron chi connectivity index (χ4n) is 1.26. The standard InChI is InChI=1S/C9H15NO4S/c1-2-5-10(6-9(11)12)15(13,14)7-8-3-4-8/h2,8H,1,3-7H2,(H,11,12). The number of nitrogens with zero attached hydrogens (tertiary/aromatic N) is 1. The Morgan fingerprint density at radius 3 is 2.53 bits per heavy atom. The van der Waals surface area contributed by atoms with Crippen LogP contribution in [-0.4, -0.2) is 42.6 Å². The van der Waals surface area contributed by atoms with Gasteiger partial charge in [0.2, 0.25) is 10.0 Å². The minimum atomic E-state index is -3.44. The Morgan fingerprint density at radius 1 is 1.53 bits per heavy atom. The molecule has 1 rings (SSSR count). The molecule has 15 heavy (non-hydrogen) atoms. The van der Waals surface area contributed by atoms with E-state index >= 15 is 0 Å². The Kier molecular flexibility index (Phi) is 3.87. The highest BCUT2D eigenvalue weighted by Gasteiger charge is 2.32. The summed E-state index contributed by atoms with van der Waals surface area (Å²) in [6.45, 7) is 2.99. The number of hydrogen-bond donors (Lipinski definition) is 1. The van der Waals surface area contributed by atoms with Gasteiger partial charge in [0, 0.05) is 6.54 Å². The average molecular weight is 233 g/mol. The Balaban J connectivity index is 2.66. The minimum Gasteiger partial charge on any atom is -0.480 e. The van der Waals surface area contributed by atoms with E-state index in [1.165, 1.54) is 6.08 Å². The molecule has 1 aliphatic carbocycles. The molecule has 1 fully saturated rings. The van der Waals surface area contributed by atoms with Crippen LogP contribution in [0.15, 0.2) is 12.7 Å². The first-order valence-electron chi connectivity index (χ1n) is 4.76. The van der Waals surface area contributed by atoms with E-state index in [0.29, 0.717) is 0 Å². The largest absolute Gasteiger partial charge is 0.480 e. The highest BCUT2D eigenvalue weighted by molar-refractivity contribution is 7.89. The van der Waals surface area contributed by atoms with Crippen LogP contribution in [0.3, 0.4) is 0 Å². The van der Waals surface area contributed by atoms with Crippen LogP contribution in [0, 0.1) is 5.92 Å². The molecular weight excluding hydrogens is 218 g/mol. The zero-order valence-electron chi connectivity index (χ0n) is 8.42. The lowest BCUT2D eigenvalue weighted by Gasteiger charge is -2.18. The molecule has 0 unspecified atom stereocenters. The van der Waals surface area contributed by atoms with E-state index < -0.39 is 22.5 Å². The van der Waals surface area contributed by atoms with Crippen LogP contribution in [0.5, 0.6) is 0 Å². The van der Waals surface area contributed by atoms with Crippen LogP contribution < -0.4 is 0 Å². The molecule has 0 bridgehead atoms. The van der Waals surface area contributed by atoms with Crippen LogP contribution in [0.4, 0.5) is 0 Å². The highest BCUT2D eigenvalue weighted by atomic mass is 32.2. The maximum atomic E-state index is 11.7. The van der Waals surface area contributed by atoms with Gasteiger partial charge in [0.15, 0.2) is 0 Å². The van der Waals surface area contributed by atoms with Gasteiger partial charge in [-0.25, -0.2) is 8.42 Å². The Bertz CT molecular complexity index is 345. The van der Waals surface area contributed by atoms with Crippen molar-refractivity contribution >= 4 is 16.0 Å². The normalized spacial score (nSPS) is 16.6. The maximum absolute atomic E-state index is 11.7. The molecule has 1 aliphatic rings. The molecule has 5 nitrogen and oxygen atoms in total. The summed E-state index contributed by atoms with van der Waals surface area (Å²) in [4.78, 5) is 10.5. The lowest BCUT2D eigenvalue weighted by atomic mass is 10.5. The predicted molar refractivity (Wildman–Crippen MR) is 55.9 cm³/mol. The van der Waals surface area contributed by atoms with Crippen LogP contribution in [-0.2, 0) is 14.8 Å². The summed E-state index contributed by atoms with van der Waals surface area (Å²) in [5.74, 6) is -0.860. The molecule has 1 saturated carbocycles. The summed E-state index contributed by atoms with van der Waals surface area (Å²) < 4.78 is 24.4. The van der Waals surface area contributed by atoms with Crippen LogP contribution in [0.25, 0.3) is 0 Å². The lowest BCUT2D eigenvalue weighted by Crippen LogP contribution is -2.37. The summed E-state index contributed by atoms with van der Waals surface area (Å²) in [5, 5.41) is 8.58. The minimum absolute atomic E-state index is 0.0569. The van der Waals surface area contributed by atoms with Gasteiger partial charge in [0.1, 0.15) is 6.54 Å². The third kappa shape index (κ3) is 4.01. The maximum Gasteiger partial charge on any atom is 0.318 e. The molecule has 0 radical (unpaired) electrons. The van der Waals surface area contributed by atoms with Gasteiger partial charge in [-0.15, -0.1) is 6.58 Å². The van der Waals surface area contributed by atoms with Crippen LogP contribution in [0.2, 0.25) is 0 Å². The molecule has 0 aliphatic heterocycles. The topological polar surface area (TPSA) is 74.7 Å². The van der Waals surface area contributed by atoms with E-state index in [1.807, 2.05) is 0 Å². The molecule has 0 aromatic carbocycles.